The van der Waals surface area contributed by atoms with Crippen LogP contribution in [-0.2, 0) is 12.8 Å². The second-order valence-electron chi connectivity index (χ2n) is 6.03. The molecule has 0 saturated heterocycles. The average molecular weight is 356 g/mol. The van der Waals surface area contributed by atoms with Crippen LogP contribution in [0.15, 0.2) is 42.5 Å². The summed E-state index contributed by atoms with van der Waals surface area (Å²) in [5, 5.41) is 5.79. The third kappa shape index (κ3) is 5.99. The van der Waals surface area contributed by atoms with Crippen LogP contribution in [0.5, 0.6) is 11.5 Å². The Morgan fingerprint density at radius 3 is 2.42 bits per heavy atom. The molecular formula is C21H28N2O3. The average Bonchev–Trinajstić information content (AvgIpc) is 2.64. The lowest BCUT2D eigenvalue weighted by molar-refractivity contribution is 0.241. The van der Waals surface area contributed by atoms with Crippen molar-refractivity contribution in [2.45, 2.75) is 26.7 Å². The Labute approximate surface area is 155 Å². The zero-order valence-corrected chi connectivity index (χ0v) is 15.8. The number of amides is 2. The summed E-state index contributed by atoms with van der Waals surface area (Å²) in [6, 6.07) is 13.9. The van der Waals surface area contributed by atoms with Crippen molar-refractivity contribution in [3.05, 3.63) is 59.2 Å². The maximum Gasteiger partial charge on any atom is 0.314 e. The highest BCUT2D eigenvalue weighted by Crippen LogP contribution is 2.28. The fourth-order valence-corrected chi connectivity index (χ4v) is 2.73. The fraction of sp³-hybridized carbons (Fsp3) is 0.381. The van der Waals surface area contributed by atoms with E-state index in [2.05, 4.69) is 29.7 Å². The molecule has 0 aliphatic rings. The molecule has 5 nitrogen and oxygen atoms in total. The van der Waals surface area contributed by atoms with E-state index in [1.54, 1.807) is 7.11 Å². The first-order chi connectivity index (χ1) is 12.6. The van der Waals surface area contributed by atoms with Gasteiger partial charge in [0.25, 0.3) is 0 Å². The van der Waals surface area contributed by atoms with Crippen LogP contribution in [0.3, 0.4) is 0 Å². The summed E-state index contributed by atoms with van der Waals surface area (Å²) in [7, 11) is 1.63. The molecule has 0 radical (unpaired) electrons. The van der Waals surface area contributed by atoms with Crippen molar-refractivity contribution in [1.29, 1.82) is 0 Å². The minimum atomic E-state index is -0.142. The van der Waals surface area contributed by atoms with Gasteiger partial charge in [0.05, 0.1) is 13.7 Å². The van der Waals surface area contributed by atoms with Gasteiger partial charge in [-0.25, -0.2) is 4.79 Å². The number of aryl methyl sites for hydroxylation is 1. The summed E-state index contributed by atoms with van der Waals surface area (Å²) in [6.07, 6.45) is 1.56. The summed E-state index contributed by atoms with van der Waals surface area (Å²) in [5.41, 5.74) is 3.60. The molecule has 0 aliphatic carbocycles. The van der Waals surface area contributed by atoms with Crippen LogP contribution in [0.2, 0.25) is 0 Å². The Kier molecular flexibility index (Phi) is 7.80. The summed E-state index contributed by atoms with van der Waals surface area (Å²) in [4.78, 5) is 11.9. The van der Waals surface area contributed by atoms with Crippen LogP contribution in [-0.4, -0.2) is 32.8 Å². The quantitative estimate of drug-likeness (QED) is 0.723. The molecule has 0 spiro atoms. The van der Waals surface area contributed by atoms with E-state index in [9.17, 15) is 4.79 Å². The fourth-order valence-electron chi connectivity index (χ4n) is 2.73. The predicted molar refractivity (Wildman–Crippen MR) is 104 cm³/mol. The van der Waals surface area contributed by atoms with Crippen molar-refractivity contribution in [3.8, 4) is 11.5 Å². The molecule has 0 aliphatic heterocycles. The van der Waals surface area contributed by atoms with Crippen LogP contribution in [0.4, 0.5) is 4.79 Å². The van der Waals surface area contributed by atoms with Gasteiger partial charge in [0, 0.05) is 13.1 Å². The van der Waals surface area contributed by atoms with Gasteiger partial charge in [0.2, 0.25) is 0 Å². The number of ether oxygens (including phenoxy) is 2. The van der Waals surface area contributed by atoms with Gasteiger partial charge < -0.3 is 20.1 Å². The van der Waals surface area contributed by atoms with Crippen LogP contribution in [0.1, 0.15) is 23.6 Å². The van der Waals surface area contributed by atoms with E-state index in [4.69, 9.17) is 9.47 Å². The van der Waals surface area contributed by atoms with Gasteiger partial charge in [-0.3, -0.25) is 0 Å². The Balaban J connectivity index is 1.72. The van der Waals surface area contributed by atoms with Gasteiger partial charge in [-0.1, -0.05) is 30.3 Å². The van der Waals surface area contributed by atoms with Crippen LogP contribution < -0.4 is 20.1 Å². The molecule has 2 aromatic carbocycles. The molecular weight excluding hydrogens is 328 g/mol. The van der Waals surface area contributed by atoms with E-state index in [0.29, 0.717) is 25.4 Å². The summed E-state index contributed by atoms with van der Waals surface area (Å²) >= 11 is 0. The van der Waals surface area contributed by atoms with E-state index in [-0.39, 0.29) is 6.03 Å². The third-order valence-corrected chi connectivity index (χ3v) is 4.17. The van der Waals surface area contributed by atoms with Gasteiger partial charge >= 0.3 is 6.03 Å². The zero-order chi connectivity index (χ0) is 18.8. The second-order valence-corrected chi connectivity index (χ2v) is 6.03. The first-order valence-electron chi connectivity index (χ1n) is 9.00. The highest BCUT2D eigenvalue weighted by molar-refractivity contribution is 5.73. The van der Waals surface area contributed by atoms with Crippen molar-refractivity contribution in [3.63, 3.8) is 0 Å². The number of benzene rings is 2. The zero-order valence-electron chi connectivity index (χ0n) is 15.8. The largest absolute Gasteiger partial charge is 0.493 e. The number of carbonyl (C=O) groups excluding carboxylic acids is 1. The lowest BCUT2D eigenvalue weighted by Crippen LogP contribution is -2.37. The van der Waals surface area contributed by atoms with Crippen LogP contribution >= 0.6 is 0 Å². The minimum Gasteiger partial charge on any atom is -0.493 e. The van der Waals surface area contributed by atoms with Gasteiger partial charge in [0.15, 0.2) is 11.5 Å². The summed E-state index contributed by atoms with van der Waals surface area (Å²) in [5.74, 6) is 1.45. The molecule has 140 valence electrons. The monoisotopic (exact) mass is 356 g/mol. The molecule has 2 N–H and O–H groups in total. The van der Waals surface area contributed by atoms with Crippen molar-refractivity contribution < 1.29 is 14.3 Å². The Morgan fingerprint density at radius 1 is 1.00 bits per heavy atom. The maximum absolute atomic E-state index is 11.9. The number of hydrogen-bond donors (Lipinski definition) is 2. The van der Waals surface area contributed by atoms with Crippen LogP contribution in [0, 0.1) is 6.92 Å². The smallest absolute Gasteiger partial charge is 0.314 e. The number of carbonyl (C=O) groups is 1. The number of nitrogens with one attached hydrogen (secondary N) is 2. The molecule has 0 heterocycles. The molecule has 0 unspecified atom stereocenters. The topological polar surface area (TPSA) is 59.6 Å². The number of methoxy groups -OCH3 is 1. The van der Waals surface area contributed by atoms with Gasteiger partial charge in [0.1, 0.15) is 0 Å². The summed E-state index contributed by atoms with van der Waals surface area (Å²) in [6.45, 7) is 5.80. The number of hydrogen-bond acceptors (Lipinski definition) is 3. The van der Waals surface area contributed by atoms with E-state index in [1.165, 1.54) is 11.1 Å². The van der Waals surface area contributed by atoms with Gasteiger partial charge in [-0.05, 0) is 55.5 Å². The lowest BCUT2D eigenvalue weighted by Gasteiger charge is -2.12. The first-order valence-corrected chi connectivity index (χ1v) is 9.00. The first kappa shape index (κ1) is 19.6. The Morgan fingerprint density at radius 2 is 1.73 bits per heavy atom. The van der Waals surface area contributed by atoms with Crippen molar-refractivity contribution in [1.82, 2.24) is 10.6 Å². The van der Waals surface area contributed by atoms with Crippen molar-refractivity contribution >= 4 is 6.03 Å². The SMILES string of the molecule is CCOc1ccc(CCNC(=O)NCCc2ccccc2C)cc1OC. The third-order valence-electron chi connectivity index (χ3n) is 4.17. The van der Waals surface area contributed by atoms with Crippen molar-refractivity contribution in [2.24, 2.45) is 0 Å². The molecule has 0 bridgehead atoms. The molecule has 5 heteroatoms. The highest BCUT2D eigenvalue weighted by Gasteiger charge is 2.06. The normalized spacial score (nSPS) is 10.3. The van der Waals surface area contributed by atoms with Gasteiger partial charge in [-0.2, -0.15) is 0 Å². The van der Waals surface area contributed by atoms with E-state index in [0.717, 1.165) is 24.2 Å². The molecule has 2 aromatic rings. The molecule has 0 fully saturated rings. The van der Waals surface area contributed by atoms with Crippen molar-refractivity contribution in [2.75, 3.05) is 26.8 Å². The van der Waals surface area contributed by atoms with E-state index in [1.807, 2.05) is 37.3 Å². The Hall–Kier alpha value is -2.69. The second kappa shape index (κ2) is 10.3. The van der Waals surface area contributed by atoms with E-state index < -0.39 is 0 Å². The molecule has 2 rings (SSSR count). The molecule has 0 atom stereocenters. The Bertz CT molecular complexity index is 716. The van der Waals surface area contributed by atoms with Crippen LogP contribution in [0.25, 0.3) is 0 Å². The molecule has 0 aromatic heterocycles. The molecule has 2 amide bonds. The lowest BCUT2D eigenvalue weighted by atomic mass is 10.1. The number of urea groups is 1. The number of rotatable bonds is 9. The van der Waals surface area contributed by atoms with Gasteiger partial charge in [-0.15, -0.1) is 0 Å². The molecule has 0 saturated carbocycles. The highest BCUT2D eigenvalue weighted by atomic mass is 16.5. The molecule has 26 heavy (non-hydrogen) atoms. The summed E-state index contributed by atoms with van der Waals surface area (Å²) < 4.78 is 10.9. The predicted octanol–water partition coefficient (Wildman–Crippen LogP) is 3.49. The maximum atomic E-state index is 11.9. The standard InChI is InChI=1S/C21H28N2O3/c1-4-26-19-10-9-17(15-20(19)25-3)11-13-22-21(24)23-14-12-18-8-6-5-7-16(18)2/h5-10,15H,4,11-14H2,1-3H3,(H2,22,23,24). The minimum absolute atomic E-state index is 0.142. The van der Waals surface area contributed by atoms with E-state index >= 15 is 0 Å².